The van der Waals surface area contributed by atoms with Crippen LogP contribution in [0.5, 0.6) is 0 Å². The van der Waals surface area contributed by atoms with Gasteiger partial charge in [0.25, 0.3) is 0 Å². The topological polar surface area (TPSA) is 48.6 Å². The molecule has 94 valence electrons. The molecule has 1 N–H and O–H groups in total. The molecular weight excluding hydrogens is 242 g/mol. The predicted octanol–water partition coefficient (Wildman–Crippen LogP) is 2.12. The van der Waals surface area contributed by atoms with Crippen LogP contribution in [0.15, 0.2) is 54.8 Å². The number of benzene rings is 1. The van der Waals surface area contributed by atoms with E-state index in [-0.39, 0.29) is 12.0 Å². The zero-order valence-corrected chi connectivity index (χ0v) is 9.98. The van der Waals surface area contributed by atoms with Crippen molar-refractivity contribution in [2.75, 3.05) is 5.17 Å². The number of anilines is 1. The Hall–Kier alpha value is -2.69. The maximum Gasteiger partial charge on any atom is 0.363 e. The molecule has 1 unspecified atom stereocenters. The van der Waals surface area contributed by atoms with E-state index in [0.29, 0.717) is 0 Å². The van der Waals surface area contributed by atoms with E-state index < -0.39 is 0 Å². The van der Waals surface area contributed by atoms with Gasteiger partial charge in [-0.05, 0) is 24.3 Å². The Morgan fingerprint density at radius 2 is 2.11 bits per heavy atom. The summed E-state index contributed by atoms with van der Waals surface area (Å²) in [5.41, 5.74) is 1.01. The number of aromatic nitrogens is 1. The number of rotatable bonds is 1. The van der Waals surface area contributed by atoms with Gasteiger partial charge in [-0.15, -0.1) is 0 Å². The van der Waals surface area contributed by atoms with Gasteiger partial charge in [0.15, 0.2) is 11.9 Å². The summed E-state index contributed by atoms with van der Waals surface area (Å²) in [6, 6.07) is 9.51. The molecule has 5 heteroatoms. The van der Waals surface area contributed by atoms with Gasteiger partial charge in [0.05, 0.1) is 0 Å². The normalized spacial score (nSPS) is 21.1. The minimum absolute atomic E-state index is 0.278. The molecule has 4 rings (SSSR count). The zero-order chi connectivity index (χ0) is 12.8. The Kier molecular flexibility index (Phi) is 1.97. The molecule has 1 saturated heterocycles. The SMILES string of the molecule is O=C1ON(c2cc3ccccc3[nH]2)N2C=CC=CC12. The van der Waals surface area contributed by atoms with E-state index in [4.69, 9.17) is 4.84 Å². The van der Waals surface area contributed by atoms with E-state index in [1.807, 2.05) is 54.8 Å². The summed E-state index contributed by atoms with van der Waals surface area (Å²) in [5.74, 6) is 0.455. The number of allylic oxidation sites excluding steroid dienone is 2. The number of para-hydroxylation sites is 1. The first-order valence-corrected chi connectivity index (χ1v) is 6.06. The van der Waals surface area contributed by atoms with Crippen molar-refractivity contribution >= 4 is 22.7 Å². The number of carbonyl (C=O) groups excluding carboxylic acids is 1. The molecule has 1 aromatic heterocycles. The molecule has 19 heavy (non-hydrogen) atoms. The fraction of sp³-hybridized carbons (Fsp3) is 0.0714. The number of nitrogens with one attached hydrogen (secondary N) is 1. The molecule has 0 bridgehead atoms. The van der Waals surface area contributed by atoms with Crippen LogP contribution in [-0.2, 0) is 9.63 Å². The molecular formula is C14H11N3O2. The first-order chi connectivity index (χ1) is 9.33. The summed E-state index contributed by atoms with van der Waals surface area (Å²) in [6.07, 6.45) is 7.34. The zero-order valence-electron chi connectivity index (χ0n) is 9.98. The minimum Gasteiger partial charge on any atom is -0.337 e. The molecule has 0 amide bonds. The van der Waals surface area contributed by atoms with Gasteiger partial charge < -0.3 is 9.82 Å². The molecule has 2 aliphatic heterocycles. The summed E-state index contributed by atoms with van der Waals surface area (Å²) in [7, 11) is 0. The van der Waals surface area contributed by atoms with E-state index in [1.54, 1.807) is 5.01 Å². The number of nitrogens with zero attached hydrogens (tertiary/aromatic N) is 2. The van der Waals surface area contributed by atoms with Crippen LogP contribution >= 0.6 is 0 Å². The van der Waals surface area contributed by atoms with Crippen LogP contribution in [0.3, 0.4) is 0 Å². The molecule has 5 nitrogen and oxygen atoms in total. The highest BCUT2D eigenvalue weighted by atomic mass is 16.8. The third kappa shape index (κ3) is 1.45. The number of hydrazine groups is 1. The largest absolute Gasteiger partial charge is 0.363 e. The second-order valence-electron chi connectivity index (χ2n) is 4.48. The van der Waals surface area contributed by atoms with Crippen molar-refractivity contribution in [3.8, 4) is 0 Å². The van der Waals surface area contributed by atoms with Crippen LogP contribution in [0.25, 0.3) is 10.9 Å². The summed E-state index contributed by atoms with van der Waals surface area (Å²) in [6.45, 7) is 0. The Labute approximate surface area is 109 Å². The molecule has 0 saturated carbocycles. The number of hydrogen-bond acceptors (Lipinski definition) is 4. The Morgan fingerprint density at radius 1 is 1.21 bits per heavy atom. The average Bonchev–Trinajstić information content (AvgIpc) is 3.01. The van der Waals surface area contributed by atoms with Crippen molar-refractivity contribution in [1.29, 1.82) is 0 Å². The number of hydrogen-bond donors (Lipinski definition) is 1. The van der Waals surface area contributed by atoms with Crippen LogP contribution < -0.4 is 5.17 Å². The van der Waals surface area contributed by atoms with Gasteiger partial charge >= 0.3 is 5.97 Å². The van der Waals surface area contributed by atoms with E-state index in [0.717, 1.165) is 16.7 Å². The van der Waals surface area contributed by atoms with E-state index >= 15 is 0 Å². The number of carbonyl (C=O) groups is 1. The number of fused-ring (bicyclic) bond motifs is 2. The molecule has 2 aliphatic rings. The van der Waals surface area contributed by atoms with E-state index in [1.165, 1.54) is 5.17 Å². The van der Waals surface area contributed by atoms with Crippen molar-refractivity contribution in [2.45, 2.75) is 6.04 Å². The molecule has 0 radical (unpaired) electrons. The lowest BCUT2D eigenvalue weighted by Gasteiger charge is -2.25. The smallest absolute Gasteiger partial charge is 0.337 e. The number of H-pyrrole nitrogens is 1. The van der Waals surface area contributed by atoms with Crippen molar-refractivity contribution in [2.24, 2.45) is 0 Å². The van der Waals surface area contributed by atoms with Crippen LogP contribution in [0.2, 0.25) is 0 Å². The monoisotopic (exact) mass is 253 g/mol. The Bertz CT molecular complexity index is 683. The van der Waals surface area contributed by atoms with Crippen LogP contribution in [0, 0.1) is 0 Å². The van der Waals surface area contributed by atoms with Gasteiger partial charge in [0.1, 0.15) is 0 Å². The van der Waals surface area contributed by atoms with Crippen molar-refractivity contribution in [3.63, 3.8) is 0 Å². The minimum atomic E-state index is -0.378. The third-order valence-electron chi connectivity index (χ3n) is 3.28. The first-order valence-electron chi connectivity index (χ1n) is 6.06. The lowest BCUT2D eigenvalue weighted by molar-refractivity contribution is -0.139. The highest BCUT2D eigenvalue weighted by Crippen LogP contribution is 2.29. The van der Waals surface area contributed by atoms with E-state index in [9.17, 15) is 4.79 Å². The molecule has 0 aliphatic carbocycles. The van der Waals surface area contributed by atoms with Gasteiger partial charge in [-0.2, -0.15) is 0 Å². The summed E-state index contributed by atoms with van der Waals surface area (Å²) < 4.78 is 0. The molecule has 3 heterocycles. The van der Waals surface area contributed by atoms with Gasteiger partial charge in [0.2, 0.25) is 0 Å². The summed E-state index contributed by atoms with van der Waals surface area (Å²) in [4.78, 5) is 20.4. The van der Waals surface area contributed by atoms with Crippen molar-refractivity contribution < 1.29 is 9.63 Å². The molecule has 0 spiro atoms. The highest BCUT2D eigenvalue weighted by molar-refractivity contribution is 5.86. The molecule has 1 atom stereocenters. The highest BCUT2D eigenvalue weighted by Gasteiger charge is 2.39. The van der Waals surface area contributed by atoms with Gasteiger partial charge in [-0.1, -0.05) is 29.4 Å². The second-order valence-corrected chi connectivity index (χ2v) is 4.48. The number of aromatic amines is 1. The average molecular weight is 253 g/mol. The maximum atomic E-state index is 11.8. The fourth-order valence-electron chi connectivity index (χ4n) is 2.37. The van der Waals surface area contributed by atoms with Gasteiger partial charge in [-0.25, -0.2) is 9.80 Å². The standard InChI is InChI=1S/C14H11N3O2/c18-14-12-7-3-4-8-16(12)17(19-14)13-9-10-5-1-2-6-11(10)15-13/h1-9,12,15H. The second kappa shape index (κ2) is 3.65. The molecule has 2 aromatic rings. The summed E-state index contributed by atoms with van der Waals surface area (Å²) in [5, 5.41) is 4.33. The van der Waals surface area contributed by atoms with Gasteiger partial charge in [-0.3, -0.25) is 0 Å². The van der Waals surface area contributed by atoms with Gasteiger partial charge in [0, 0.05) is 17.1 Å². The van der Waals surface area contributed by atoms with Crippen LogP contribution in [0.4, 0.5) is 5.82 Å². The fourth-order valence-corrected chi connectivity index (χ4v) is 2.37. The third-order valence-corrected chi connectivity index (χ3v) is 3.28. The maximum absolute atomic E-state index is 11.8. The summed E-state index contributed by atoms with van der Waals surface area (Å²) >= 11 is 0. The molecule has 1 aromatic carbocycles. The van der Waals surface area contributed by atoms with Crippen molar-refractivity contribution in [3.05, 3.63) is 54.8 Å². The van der Waals surface area contributed by atoms with E-state index in [2.05, 4.69) is 4.98 Å². The predicted molar refractivity (Wildman–Crippen MR) is 70.8 cm³/mol. The quantitative estimate of drug-likeness (QED) is 0.845. The van der Waals surface area contributed by atoms with Crippen molar-refractivity contribution in [1.82, 2.24) is 9.99 Å². The lowest BCUT2D eigenvalue weighted by Crippen LogP contribution is -2.37. The first kappa shape index (κ1) is 10.3. The lowest BCUT2D eigenvalue weighted by atomic mass is 10.2. The molecule has 1 fully saturated rings. The van der Waals surface area contributed by atoms with Crippen LogP contribution in [-0.4, -0.2) is 22.0 Å². The Morgan fingerprint density at radius 3 is 3.00 bits per heavy atom. The Balaban J connectivity index is 1.78. The van der Waals surface area contributed by atoms with Crippen LogP contribution in [0.1, 0.15) is 0 Å².